The van der Waals surface area contributed by atoms with E-state index in [0.717, 1.165) is 22.6 Å². The van der Waals surface area contributed by atoms with Crippen LogP contribution in [0.5, 0.6) is 0 Å². The quantitative estimate of drug-likeness (QED) is 0.306. The third kappa shape index (κ3) is 8.17. The van der Waals surface area contributed by atoms with Crippen LogP contribution in [0.3, 0.4) is 0 Å². The molecule has 7 heteroatoms. The number of guanidine groups is 1. The van der Waals surface area contributed by atoms with Gasteiger partial charge in [0.15, 0.2) is 5.96 Å². The fraction of sp³-hybridized carbons (Fsp3) is 0.300. The molecule has 0 aliphatic carbocycles. The summed E-state index contributed by atoms with van der Waals surface area (Å²) >= 11 is 5.90. The lowest BCUT2D eigenvalue weighted by molar-refractivity contribution is 0.0953. The Morgan fingerprint density at radius 3 is 2.30 bits per heavy atom. The molecule has 0 aromatic heterocycles. The van der Waals surface area contributed by atoms with Gasteiger partial charge in [-0.2, -0.15) is 0 Å². The van der Waals surface area contributed by atoms with E-state index in [1.807, 2.05) is 55.5 Å². The monoisotopic (exact) mass is 500 g/mol. The van der Waals surface area contributed by atoms with Crippen LogP contribution < -0.4 is 16.0 Å². The first-order chi connectivity index (χ1) is 12.6. The van der Waals surface area contributed by atoms with Crippen LogP contribution in [0, 0.1) is 0 Å². The lowest BCUT2D eigenvalue weighted by atomic mass is 10.1. The zero-order valence-corrected chi connectivity index (χ0v) is 18.7. The van der Waals surface area contributed by atoms with Gasteiger partial charge >= 0.3 is 0 Å². The summed E-state index contributed by atoms with van der Waals surface area (Å²) < 4.78 is 0. The minimum absolute atomic E-state index is 0. The van der Waals surface area contributed by atoms with E-state index < -0.39 is 0 Å². The SMILES string of the molecule is CCCNC(=O)c1cccc(CNC(=NC)NCc2ccc(Cl)cc2)c1.I. The second-order valence-electron chi connectivity index (χ2n) is 5.86. The van der Waals surface area contributed by atoms with Gasteiger partial charge in [0.2, 0.25) is 0 Å². The number of halogens is 2. The van der Waals surface area contributed by atoms with Crippen molar-refractivity contribution in [1.82, 2.24) is 16.0 Å². The average molecular weight is 501 g/mol. The molecule has 0 unspecified atom stereocenters. The molecular formula is C20H26ClIN4O. The highest BCUT2D eigenvalue weighted by Gasteiger charge is 2.06. The molecule has 0 aliphatic rings. The van der Waals surface area contributed by atoms with Gasteiger partial charge in [-0.15, -0.1) is 24.0 Å². The molecule has 2 aromatic rings. The van der Waals surface area contributed by atoms with Crippen molar-refractivity contribution in [2.24, 2.45) is 4.99 Å². The van der Waals surface area contributed by atoms with Crippen LogP contribution in [0.25, 0.3) is 0 Å². The Hall–Kier alpha value is -1.80. The number of amides is 1. The van der Waals surface area contributed by atoms with E-state index in [0.29, 0.717) is 31.2 Å². The fourth-order valence-electron chi connectivity index (χ4n) is 2.36. The van der Waals surface area contributed by atoms with Crippen LogP contribution in [0.1, 0.15) is 34.8 Å². The highest BCUT2D eigenvalue weighted by molar-refractivity contribution is 14.0. The van der Waals surface area contributed by atoms with Crippen molar-refractivity contribution in [3.05, 3.63) is 70.2 Å². The number of hydrogen-bond donors (Lipinski definition) is 3. The standard InChI is InChI=1S/C20H25ClN4O.HI/c1-3-11-23-19(26)17-6-4-5-16(12-17)14-25-20(22-2)24-13-15-7-9-18(21)10-8-15;/h4-10,12H,3,11,13-14H2,1-2H3,(H,23,26)(H2,22,24,25);1H. The Bertz CT molecular complexity index is 750. The largest absolute Gasteiger partial charge is 0.352 e. The Kier molecular flexibility index (Phi) is 10.8. The normalized spacial score (nSPS) is 10.7. The van der Waals surface area contributed by atoms with Crippen LogP contribution in [-0.2, 0) is 13.1 Å². The Balaban J connectivity index is 0.00000364. The van der Waals surface area contributed by atoms with Gasteiger partial charge in [0.05, 0.1) is 0 Å². The third-order valence-corrected chi connectivity index (χ3v) is 4.03. The number of nitrogens with one attached hydrogen (secondary N) is 3. The number of hydrogen-bond acceptors (Lipinski definition) is 2. The predicted octanol–water partition coefficient (Wildman–Crippen LogP) is 3.96. The zero-order chi connectivity index (χ0) is 18.8. The highest BCUT2D eigenvalue weighted by atomic mass is 127. The Morgan fingerprint density at radius 2 is 1.67 bits per heavy atom. The molecule has 0 radical (unpaired) electrons. The lowest BCUT2D eigenvalue weighted by Gasteiger charge is -2.13. The van der Waals surface area contributed by atoms with Crippen molar-refractivity contribution in [2.75, 3.05) is 13.6 Å². The second-order valence-corrected chi connectivity index (χ2v) is 6.30. The summed E-state index contributed by atoms with van der Waals surface area (Å²) in [7, 11) is 1.73. The number of carbonyl (C=O) groups is 1. The maximum absolute atomic E-state index is 12.1. The first-order valence-corrected chi connectivity index (χ1v) is 9.06. The molecule has 0 bridgehead atoms. The summed E-state index contributed by atoms with van der Waals surface area (Å²) in [5.41, 5.74) is 2.80. The molecule has 5 nitrogen and oxygen atoms in total. The summed E-state index contributed by atoms with van der Waals surface area (Å²) in [5.74, 6) is 0.653. The molecule has 0 saturated carbocycles. The minimum atomic E-state index is -0.0426. The topological polar surface area (TPSA) is 65.5 Å². The zero-order valence-electron chi connectivity index (χ0n) is 15.6. The average Bonchev–Trinajstić information content (AvgIpc) is 2.67. The van der Waals surface area contributed by atoms with Crippen LogP contribution in [0.2, 0.25) is 5.02 Å². The summed E-state index contributed by atoms with van der Waals surface area (Å²) in [4.78, 5) is 16.3. The van der Waals surface area contributed by atoms with Crippen molar-refractivity contribution in [2.45, 2.75) is 26.4 Å². The molecule has 1 amide bonds. The Morgan fingerprint density at radius 1 is 1.00 bits per heavy atom. The van der Waals surface area contributed by atoms with Crippen molar-refractivity contribution >= 4 is 47.4 Å². The smallest absolute Gasteiger partial charge is 0.251 e. The van der Waals surface area contributed by atoms with Crippen LogP contribution in [0.4, 0.5) is 0 Å². The summed E-state index contributed by atoms with van der Waals surface area (Å²) in [6, 6.07) is 15.3. The van der Waals surface area contributed by atoms with Crippen LogP contribution in [0.15, 0.2) is 53.5 Å². The van der Waals surface area contributed by atoms with Gasteiger partial charge < -0.3 is 16.0 Å². The van der Waals surface area contributed by atoms with Crippen LogP contribution in [-0.4, -0.2) is 25.5 Å². The van der Waals surface area contributed by atoms with Crippen molar-refractivity contribution in [3.63, 3.8) is 0 Å². The van der Waals surface area contributed by atoms with E-state index >= 15 is 0 Å². The van der Waals surface area contributed by atoms with Gasteiger partial charge in [0.1, 0.15) is 0 Å². The first kappa shape index (κ1) is 23.2. The molecule has 0 fully saturated rings. The number of nitrogens with zero attached hydrogens (tertiary/aromatic N) is 1. The predicted molar refractivity (Wildman–Crippen MR) is 123 cm³/mol. The summed E-state index contributed by atoms with van der Waals surface area (Å²) in [5, 5.41) is 10.1. The molecule has 0 aliphatic heterocycles. The van der Waals surface area contributed by atoms with Crippen molar-refractivity contribution in [3.8, 4) is 0 Å². The highest BCUT2D eigenvalue weighted by Crippen LogP contribution is 2.09. The molecule has 3 N–H and O–H groups in total. The first-order valence-electron chi connectivity index (χ1n) is 8.68. The maximum Gasteiger partial charge on any atom is 0.251 e. The molecular weight excluding hydrogens is 475 g/mol. The van der Waals surface area contributed by atoms with Crippen molar-refractivity contribution in [1.29, 1.82) is 0 Å². The van der Waals surface area contributed by atoms with Gasteiger partial charge in [0, 0.05) is 37.3 Å². The van der Waals surface area contributed by atoms with Crippen molar-refractivity contribution < 1.29 is 4.79 Å². The van der Waals surface area contributed by atoms with E-state index in [1.54, 1.807) is 7.05 Å². The number of aliphatic imine (C=N–C) groups is 1. The molecule has 0 heterocycles. The van der Waals surface area contributed by atoms with Gasteiger partial charge in [-0.05, 0) is 41.8 Å². The van der Waals surface area contributed by atoms with Gasteiger partial charge in [-0.25, -0.2) is 0 Å². The molecule has 0 spiro atoms. The third-order valence-electron chi connectivity index (χ3n) is 3.78. The number of carbonyl (C=O) groups excluding carboxylic acids is 1. The molecule has 0 atom stereocenters. The van der Waals surface area contributed by atoms with Crippen LogP contribution >= 0.6 is 35.6 Å². The lowest BCUT2D eigenvalue weighted by Crippen LogP contribution is -2.36. The summed E-state index contributed by atoms with van der Waals surface area (Å²) in [6.45, 7) is 3.94. The minimum Gasteiger partial charge on any atom is -0.352 e. The van der Waals surface area contributed by atoms with Gasteiger partial charge in [-0.1, -0.05) is 42.8 Å². The fourth-order valence-corrected chi connectivity index (χ4v) is 2.48. The van der Waals surface area contributed by atoms with E-state index in [1.165, 1.54) is 0 Å². The second kappa shape index (κ2) is 12.6. The van der Waals surface area contributed by atoms with Gasteiger partial charge in [-0.3, -0.25) is 9.79 Å². The molecule has 146 valence electrons. The molecule has 2 aromatic carbocycles. The van der Waals surface area contributed by atoms with E-state index in [-0.39, 0.29) is 29.9 Å². The van der Waals surface area contributed by atoms with Gasteiger partial charge in [0.25, 0.3) is 5.91 Å². The number of benzene rings is 2. The molecule has 27 heavy (non-hydrogen) atoms. The molecule has 0 saturated heterocycles. The van der Waals surface area contributed by atoms with E-state index in [4.69, 9.17) is 11.6 Å². The summed E-state index contributed by atoms with van der Waals surface area (Å²) in [6.07, 6.45) is 0.919. The Labute approximate surface area is 183 Å². The van der Waals surface area contributed by atoms with E-state index in [2.05, 4.69) is 20.9 Å². The van der Waals surface area contributed by atoms with E-state index in [9.17, 15) is 4.79 Å². The number of rotatable bonds is 7. The maximum atomic E-state index is 12.1. The molecule has 2 rings (SSSR count).